The van der Waals surface area contributed by atoms with Gasteiger partial charge in [0, 0.05) is 22.4 Å². The molecule has 4 rings (SSSR count). The summed E-state index contributed by atoms with van der Waals surface area (Å²) in [4.78, 5) is 31.8. The van der Waals surface area contributed by atoms with E-state index in [0.717, 1.165) is 27.3 Å². The Morgan fingerprint density at radius 3 is 2.20 bits per heavy atom. The van der Waals surface area contributed by atoms with Gasteiger partial charge in [0.1, 0.15) is 5.54 Å². The minimum atomic E-state index is -1.13. The number of carbonyl (C=O) groups is 2. The molecule has 0 aliphatic rings. The quantitative estimate of drug-likeness (QED) is 0.330. The van der Waals surface area contributed by atoms with Crippen molar-refractivity contribution in [2.45, 2.75) is 39.7 Å². The van der Waals surface area contributed by atoms with E-state index in [1.165, 1.54) is 16.9 Å². The van der Waals surface area contributed by atoms with Crippen LogP contribution in [0.1, 0.15) is 45.8 Å². The third-order valence-corrected chi connectivity index (χ3v) is 6.91. The van der Waals surface area contributed by atoms with Gasteiger partial charge in [-0.1, -0.05) is 66.7 Å². The van der Waals surface area contributed by atoms with Gasteiger partial charge in [-0.05, 0) is 56.5 Å². The zero-order valence-corrected chi connectivity index (χ0v) is 21.2. The maximum atomic E-state index is 13.2. The molecule has 0 aliphatic carbocycles. The van der Waals surface area contributed by atoms with E-state index in [1.807, 2.05) is 74.5 Å². The fourth-order valence-electron chi connectivity index (χ4n) is 3.68. The second-order valence-corrected chi connectivity index (χ2v) is 10.2. The molecule has 3 aromatic carbocycles. The molecule has 5 nitrogen and oxygen atoms in total. The summed E-state index contributed by atoms with van der Waals surface area (Å²) in [6.45, 7) is 7.34. The van der Waals surface area contributed by atoms with Crippen LogP contribution in [0.2, 0.25) is 0 Å². The Labute approximate surface area is 210 Å². The zero-order chi connectivity index (χ0) is 25.0. The lowest BCUT2D eigenvalue weighted by Crippen LogP contribution is -2.52. The number of aromatic nitrogens is 1. The first kappa shape index (κ1) is 24.4. The lowest BCUT2D eigenvalue weighted by atomic mass is 10.0. The van der Waals surface area contributed by atoms with Gasteiger partial charge >= 0.3 is 0 Å². The van der Waals surface area contributed by atoms with Gasteiger partial charge in [-0.2, -0.15) is 0 Å². The summed E-state index contributed by atoms with van der Waals surface area (Å²) >= 11 is 1.46. The molecule has 178 valence electrons. The van der Waals surface area contributed by atoms with Crippen molar-refractivity contribution in [2.24, 2.45) is 0 Å². The molecule has 35 heavy (non-hydrogen) atoms. The van der Waals surface area contributed by atoms with Crippen molar-refractivity contribution in [3.8, 4) is 11.3 Å². The molecule has 4 aromatic rings. The molecule has 2 amide bonds. The number of benzene rings is 3. The van der Waals surface area contributed by atoms with Gasteiger partial charge in [0.05, 0.1) is 5.69 Å². The normalized spacial score (nSPS) is 11.2. The van der Waals surface area contributed by atoms with Crippen molar-refractivity contribution < 1.29 is 9.59 Å². The van der Waals surface area contributed by atoms with E-state index in [1.54, 1.807) is 19.9 Å². The molecule has 0 atom stereocenters. The topological polar surface area (TPSA) is 71.1 Å². The first-order valence-electron chi connectivity index (χ1n) is 11.5. The van der Waals surface area contributed by atoms with E-state index < -0.39 is 5.54 Å². The van der Waals surface area contributed by atoms with Crippen LogP contribution >= 0.6 is 11.3 Å². The minimum Gasteiger partial charge on any atom is -0.338 e. The number of thiazole rings is 1. The highest BCUT2D eigenvalue weighted by atomic mass is 32.1. The predicted octanol–water partition coefficient (Wildman–Crippen LogP) is 6.16. The second-order valence-electron chi connectivity index (χ2n) is 9.15. The number of carbonyl (C=O) groups excluding carboxylic acids is 2. The van der Waals surface area contributed by atoms with Crippen molar-refractivity contribution in [1.82, 2.24) is 10.3 Å². The van der Waals surface area contributed by atoms with Gasteiger partial charge in [-0.15, -0.1) is 11.3 Å². The van der Waals surface area contributed by atoms with Gasteiger partial charge in [0.25, 0.3) is 11.8 Å². The van der Waals surface area contributed by atoms with E-state index in [0.29, 0.717) is 17.1 Å². The maximum absolute atomic E-state index is 13.2. The summed E-state index contributed by atoms with van der Waals surface area (Å²) in [5, 5.41) is 6.30. The molecule has 0 saturated carbocycles. The van der Waals surface area contributed by atoms with Crippen LogP contribution in [0.5, 0.6) is 0 Å². The lowest BCUT2D eigenvalue weighted by Gasteiger charge is -2.24. The summed E-state index contributed by atoms with van der Waals surface area (Å²) in [5.74, 6) is -0.614. The van der Waals surface area contributed by atoms with Crippen LogP contribution < -0.4 is 10.6 Å². The molecular weight excluding hydrogens is 454 g/mol. The lowest BCUT2D eigenvalue weighted by molar-refractivity contribution is -0.120. The van der Waals surface area contributed by atoms with Gasteiger partial charge in [0.2, 0.25) is 0 Å². The van der Waals surface area contributed by atoms with E-state index in [9.17, 15) is 9.59 Å². The summed E-state index contributed by atoms with van der Waals surface area (Å²) in [7, 11) is 0. The Morgan fingerprint density at radius 1 is 0.886 bits per heavy atom. The fourth-order valence-corrected chi connectivity index (χ4v) is 4.69. The van der Waals surface area contributed by atoms with Crippen LogP contribution in [0, 0.1) is 13.8 Å². The monoisotopic (exact) mass is 483 g/mol. The van der Waals surface area contributed by atoms with Crippen molar-refractivity contribution in [1.29, 1.82) is 0 Å². The zero-order valence-electron chi connectivity index (χ0n) is 20.4. The highest BCUT2D eigenvalue weighted by molar-refractivity contribution is 7.16. The molecule has 1 heterocycles. The van der Waals surface area contributed by atoms with Crippen LogP contribution in [0.4, 0.5) is 5.13 Å². The SMILES string of the molecule is Cc1ccc(C(=O)NC(C)(C)C(=O)Nc2nc(-c3ccccc3)c(Cc3ccccc3)s2)cc1C. The number of nitrogens with one attached hydrogen (secondary N) is 2. The number of anilines is 1. The van der Waals surface area contributed by atoms with Crippen LogP contribution in [0.3, 0.4) is 0 Å². The molecule has 0 fully saturated rings. The molecular formula is C29H29N3O2S. The van der Waals surface area contributed by atoms with Crippen molar-refractivity contribution in [3.63, 3.8) is 0 Å². The highest BCUT2D eigenvalue weighted by Crippen LogP contribution is 2.33. The molecule has 0 unspecified atom stereocenters. The summed E-state index contributed by atoms with van der Waals surface area (Å²) in [5.41, 5.74) is 4.56. The molecule has 0 aliphatic heterocycles. The van der Waals surface area contributed by atoms with Gasteiger partial charge in [-0.3, -0.25) is 14.9 Å². The third-order valence-electron chi connectivity index (χ3n) is 5.94. The van der Waals surface area contributed by atoms with Crippen LogP contribution in [0.15, 0.2) is 78.9 Å². The summed E-state index contributed by atoms with van der Waals surface area (Å²) in [6.07, 6.45) is 0.714. The number of amides is 2. The second kappa shape index (κ2) is 10.2. The van der Waals surface area contributed by atoms with E-state index in [-0.39, 0.29) is 11.8 Å². The Bertz CT molecular complexity index is 1350. The highest BCUT2D eigenvalue weighted by Gasteiger charge is 2.31. The molecule has 2 N–H and O–H groups in total. The minimum absolute atomic E-state index is 0.290. The van der Waals surface area contributed by atoms with Crippen LogP contribution in [-0.2, 0) is 11.2 Å². The molecule has 0 bridgehead atoms. The molecule has 0 saturated heterocycles. The molecule has 1 aromatic heterocycles. The van der Waals surface area contributed by atoms with Gasteiger partial charge in [-0.25, -0.2) is 4.98 Å². The van der Waals surface area contributed by atoms with Crippen molar-refractivity contribution >= 4 is 28.3 Å². The Morgan fingerprint density at radius 2 is 1.54 bits per heavy atom. The van der Waals surface area contributed by atoms with Gasteiger partial charge in [0.15, 0.2) is 5.13 Å². The summed E-state index contributed by atoms with van der Waals surface area (Å²) in [6, 6.07) is 25.7. The Balaban J connectivity index is 1.54. The van der Waals surface area contributed by atoms with Gasteiger partial charge < -0.3 is 5.32 Å². The smallest absolute Gasteiger partial charge is 0.252 e. The standard InChI is InChI=1S/C29H29N3O2S/c1-19-15-16-23(17-20(19)2)26(33)32-29(3,4)27(34)31-28-30-25(22-13-9-6-10-14-22)24(35-28)18-21-11-7-5-8-12-21/h5-17H,18H2,1-4H3,(H,32,33)(H,30,31,34). The molecule has 6 heteroatoms. The average molecular weight is 484 g/mol. The van der Waals surface area contributed by atoms with Crippen molar-refractivity contribution in [3.05, 3.63) is 106 Å². The van der Waals surface area contributed by atoms with E-state index >= 15 is 0 Å². The summed E-state index contributed by atoms with van der Waals surface area (Å²) < 4.78 is 0. The average Bonchev–Trinajstić information content (AvgIpc) is 3.23. The number of nitrogens with zero attached hydrogens (tertiary/aromatic N) is 1. The fraction of sp³-hybridized carbons (Fsp3) is 0.207. The molecule has 0 spiro atoms. The number of rotatable bonds is 7. The number of hydrogen-bond donors (Lipinski definition) is 2. The largest absolute Gasteiger partial charge is 0.338 e. The molecule has 0 radical (unpaired) electrons. The Hall–Kier alpha value is -3.77. The number of hydrogen-bond acceptors (Lipinski definition) is 4. The number of aryl methyl sites for hydroxylation is 2. The first-order valence-corrected chi connectivity index (χ1v) is 12.3. The first-order chi connectivity index (χ1) is 16.7. The van der Waals surface area contributed by atoms with Crippen LogP contribution in [0.25, 0.3) is 11.3 Å². The van der Waals surface area contributed by atoms with Crippen LogP contribution in [-0.4, -0.2) is 22.3 Å². The van der Waals surface area contributed by atoms with Crippen molar-refractivity contribution in [2.75, 3.05) is 5.32 Å². The Kier molecular flexibility index (Phi) is 7.12. The van der Waals surface area contributed by atoms with E-state index in [2.05, 4.69) is 22.8 Å². The predicted molar refractivity (Wildman–Crippen MR) is 143 cm³/mol. The van der Waals surface area contributed by atoms with E-state index in [4.69, 9.17) is 4.98 Å². The maximum Gasteiger partial charge on any atom is 0.252 e. The third kappa shape index (κ3) is 5.84.